The molecule has 1 fully saturated rings. The molecule has 0 radical (unpaired) electrons. The van der Waals surface area contributed by atoms with Crippen molar-refractivity contribution in [3.8, 4) is 5.75 Å². The van der Waals surface area contributed by atoms with Crippen molar-refractivity contribution in [1.29, 1.82) is 0 Å². The molecule has 4 nitrogen and oxygen atoms in total. The zero-order chi connectivity index (χ0) is 13.8. The summed E-state index contributed by atoms with van der Waals surface area (Å²) in [5, 5.41) is 4.37. The van der Waals surface area contributed by atoms with Gasteiger partial charge < -0.3 is 14.8 Å². The average molecular weight is 291 g/mol. The number of nitrogens with one attached hydrogen (secondary N) is 1. The largest absolute Gasteiger partial charge is 0.433 e. The highest BCUT2D eigenvalue weighted by atomic mass is 32.1. The van der Waals surface area contributed by atoms with E-state index in [2.05, 4.69) is 10.1 Å². The lowest BCUT2D eigenvalue weighted by Crippen LogP contribution is -2.40. The van der Waals surface area contributed by atoms with Crippen LogP contribution in [0.1, 0.15) is 28.9 Å². The fourth-order valence-corrected chi connectivity index (χ4v) is 2.99. The summed E-state index contributed by atoms with van der Waals surface area (Å²) >= 11 is 1.08. The number of hydrogen-bond acceptors (Lipinski definition) is 4. The molecule has 1 amide bonds. The zero-order valence-electron chi connectivity index (χ0n) is 10.4. The molecule has 1 heterocycles. The molecule has 1 aromatic heterocycles. The standard InChI is InChI=1S/C12H15F2NO3S/c1-17-8-4-2-3-7(8)15-11(16)10-9(5-6-19-10)18-12(13)14/h5-8,12H,2-4H2,1H3,(H,15,16)/t7-,8-/m1/s1. The Bertz CT molecular complexity index is 438. The molecule has 106 valence electrons. The molecular weight excluding hydrogens is 276 g/mol. The molecule has 0 saturated heterocycles. The Balaban J connectivity index is 2.01. The molecule has 1 aliphatic carbocycles. The third-order valence-electron chi connectivity index (χ3n) is 3.12. The van der Waals surface area contributed by atoms with Crippen molar-refractivity contribution in [2.24, 2.45) is 0 Å². The lowest BCUT2D eigenvalue weighted by Gasteiger charge is -2.19. The molecule has 7 heteroatoms. The van der Waals surface area contributed by atoms with Crippen molar-refractivity contribution in [3.63, 3.8) is 0 Å². The van der Waals surface area contributed by atoms with Gasteiger partial charge >= 0.3 is 6.61 Å². The van der Waals surface area contributed by atoms with Crippen LogP contribution in [-0.2, 0) is 4.74 Å². The van der Waals surface area contributed by atoms with Crippen LogP contribution in [0, 0.1) is 0 Å². The Morgan fingerprint density at radius 1 is 1.53 bits per heavy atom. The van der Waals surface area contributed by atoms with Gasteiger partial charge in [0.25, 0.3) is 5.91 Å². The number of halogens is 2. The first-order valence-electron chi connectivity index (χ1n) is 5.97. The normalized spacial score (nSPS) is 22.7. The van der Waals surface area contributed by atoms with Gasteiger partial charge in [-0.1, -0.05) is 0 Å². The molecule has 1 N–H and O–H groups in total. The van der Waals surface area contributed by atoms with Crippen LogP contribution < -0.4 is 10.1 Å². The summed E-state index contributed by atoms with van der Waals surface area (Å²) < 4.78 is 34.0. The minimum atomic E-state index is -2.93. The van der Waals surface area contributed by atoms with Crippen molar-refractivity contribution >= 4 is 17.2 Å². The van der Waals surface area contributed by atoms with E-state index in [0.29, 0.717) is 0 Å². The molecule has 1 saturated carbocycles. The highest BCUT2D eigenvalue weighted by Crippen LogP contribution is 2.28. The maximum atomic E-state index is 12.2. The van der Waals surface area contributed by atoms with E-state index >= 15 is 0 Å². The number of carbonyl (C=O) groups is 1. The third kappa shape index (κ3) is 3.42. The Morgan fingerprint density at radius 2 is 2.32 bits per heavy atom. The summed E-state index contributed by atoms with van der Waals surface area (Å²) in [7, 11) is 1.60. The van der Waals surface area contributed by atoms with Crippen LogP contribution in [-0.4, -0.2) is 31.8 Å². The topological polar surface area (TPSA) is 47.6 Å². The molecular formula is C12H15F2NO3S. The molecule has 1 aliphatic rings. The van der Waals surface area contributed by atoms with Crippen molar-refractivity contribution in [2.75, 3.05) is 7.11 Å². The van der Waals surface area contributed by atoms with Crippen LogP contribution in [0.15, 0.2) is 11.4 Å². The second-order valence-electron chi connectivity index (χ2n) is 4.28. The number of carbonyl (C=O) groups excluding carboxylic acids is 1. The summed E-state index contributed by atoms with van der Waals surface area (Å²) in [6.45, 7) is -2.93. The summed E-state index contributed by atoms with van der Waals surface area (Å²) in [4.78, 5) is 12.2. The summed E-state index contributed by atoms with van der Waals surface area (Å²) in [6.07, 6.45) is 2.70. The van der Waals surface area contributed by atoms with Crippen LogP contribution in [0.25, 0.3) is 0 Å². The Hall–Kier alpha value is -1.21. The first kappa shape index (κ1) is 14.2. The van der Waals surface area contributed by atoms with E-state index in [4.69, 9.17) is 4.74 Å². The molecule has 1 aromatic rings. The highest BCUT2D eigenvalue weighted by Gasteiger charge is 2.29. The van der Waals surface area contributed by atoms with Crippen molar-refractivity contribution < 1.29 is 23.0 Å². The van der Waals surface area contributed by atoms with Crippen LogP contribution in [0.2, 0.25) is 0 Å². The first-order chi connectivity index (χ1) is 9.11. The van der Waals surface area contributed by atoms with Gasteiger partial charge in [-0.05, 0) is 30.7 Å². The van der Waals surface area contributed by atoms with Gasteiger partial charge in [0.1, 0.15) is 10.6 Å². The van der Waals surface area contributed by atoms with E-state index in [-0.39, 0.29) is 28.7 Å². The third-order valence-corrected chi connectivity index (χ3v) is 4.02. The first-order valence-corrected chi connectivity index (χ1v) is 6.85. The lowest BCUT2D eigenvalue weighted by molar-refractivity contribution is -0.0498. The molecule has 0 bridgehead atoms. The second kappa shape index (κ2) is 6.29. The van der Waals surface area contributed by atoms with E-state index in [9.17, 15) is 13.6 Å². The number of methoxy groups -OCH3 is 1. The number of amides is 1. The van der Waals surface area contributed by atoms with Crippen LogP contribution in [0.3, 0.4) is 0 Å². The van der Waals surface area contributed by atoms with E-state index < -0.39 is 6.61 Å². The number of hydrogen-bond donors (Lipinski definition) is 1. The molecule has 0 unspecified atom stereocenters. The molecule has 2 atom stereocenters. The van der Waals surface area contributed by atoms with Crippen LogP contribution >= 0.6 is 11.3 Å². The predicted molar refractivity (Wildman–Crippen MR) is 66.9 cm³/mol. The number of ether oxygens (including phenoxy) is 2. The van der Waals surface area contributed by atoms with Gasteiger partial charge in [-0.2, -0.15) is 8.78 Å². The van der Waals surface area contributed by atoms with Crippen molar-refractivity contribution in [2.45, 2.75) is 38.0 Å². The minimum absolute atomic E-state index is 0.0108. The van der Waals surface area contributed by atoms with Crippen molar-refractivity contribution in [1.82, 2.24) is 5.32 Å². The van der Waals surface area contributed by atoms with Gasteiger partial charge in [-0.3, -0.25) is 4.79 Å². The van der Waals surface area contributed by atoms with Crippen LogP contribution in [0.5, 0.6) is 5.75 Å². The van der Waals surface area contributed by atoms with E-state index in [0.717, 1.165) is 30.6 Å². The number of thiophene rings is 1. The Morgan fingerprint density at radius 3 is 3.00 bits per heavy atom. The monoisotopic (exact) mass is 291 g/mol. The van der Waals surface area contributed by atoms with E-state index in [1.165, 1.54) is 6.07 Å². The van der Waals surface area contributed by atoms with Gasteiger partial charge in [0.05, 0.1) is 12.1 Å². The summed E-state index contributed by atoms with van der Waals surface area (Å²) in [5.41, 5.74) is 0. The van der Waals surface area contributed by atoms with E-state index in [1.54, 1.807) is 12.5 Å². The molecule has 0 aliphatic heterocycles. The predicted octanol–water partition coefficient (Wildman–Crippen LogP) is 2.65. The summed E-state index contributed by atoms with van der Waals surface area (Å²) in [6, 6.07) is 1.30. The Kier molecular flexibility index (Phi) is 4.71. The second-order valence-corrected chi connectivity index (χ2v) is 5.19. The molecule has 2 rings (SSSR count). The van der Waals surface area contributed by atoms with Gasteiger partial charge in [0.2, 0.25) is 0 Å². The minimum Gasteiger partial charge on any atom is -0.433 e. The fourth-order valence-electron chi connectivity index (χ4n) is 2.26. The SMILES string of the molecule is CO[C@@H]1CCC[C@H]1NC(=O)c1sccc1OC(F)F. The lowest BCUT2D eigenvalue weighted by atomic mass is 10.2. The van der Waals surface area contributed by atoms with E-state index in [1.807, 2.05) is 0 Å². The summed E-state index contributed by atoms with van der Waals surface area (Å²) in [5.74, 6) is -0.468. The maximum absolute atomic E-state index is 12.2. The highest BCUT2D eigenvalue weighted by molar-refractivity contribution is 7.12. The van der Waals surface area contributed by atoms with Crippen LogP contribution in [0.4, 0.5) is 8.78 Å². The molecule has 0 aromatic carbocycles. The average Bonchev–Trinajstić information content (AvgIpc) is 2.97. The van der Waals surface area contributed by atoms with Gasteiger partial charge in [0.15, 0.2) is 0 Å². The van der Waals surface area contributed by atoms with Crippen molar-refractivity contribution in [3.05, 3.63) is 16.3 Å². The fraction of sp³-hybridized carbons (Fsp3) is 0.583. The van der Waals surface area contributed by atoms with Gasteiger partial charge in [-0.25, -0.2) is 0 Å². The molecule has 0 spiro atoms. The van der Waals surface area contributed by atoms with Gasteiger partial charge in [-0.15, -0.1) is 11.3 Å². The number of alkyl halides is 2. The zero-order valence-corrected chi connectivity index (χ0v) is 11.2. The maximum Gasteiger partial charge on any atom is 0.387 e. The van der Waals surface area contributed by atoms with Gasteiger partial charge in [0, 0.05) is 7.11 Å². The quantitative estimate of drug-likeness (QED) is 0.907. The smallest absolute Gasteiger partial charge is 0.387 e. The molecule has 19 heavy (non-hydrogen) atoms. The number of rotatable bonds is 5. The Labute approximate surface area is 113 Å².